The van der Waals surface area contributed by atoms with Crippen LogP contribution in [0.3, 0.4) is 0 Å². The van der Waals surface area contributed by atoms with Crippen molar-refractivity contribution in [2.24, 2.45) is 5.92 Å². The van der Waals surface area contributed by atoms with Gasteiger partial charge in [0.25, 0.3) is 5.89 Å². The normalized spacial score (nSPS) is 15.9. The molecule has 1 unspecified atom stereocenters. The van der Waals surface area contributed by atoms with Gasteiger partial charge in [-0.25, -0.2) is 9.97 Å². The van der Waals surface area contributed by atoms with E-state index in [0.717, 1.165) is 31.7 Å². The average Bonchev–Trinajstić information content (AvgIpc) is 3.39. The highest BCUT2D eigenvalue weighted by atomic mass is 16.4. The minimum atomic E-state index is 0.242. The van der Waals surface area contributed by atoms with Gasteiger partial charge in [-0.15, -0.1) is 20.4 Å². The molecule has 0 aliphatic carbocycles. The second-order valence-electron chi connectivity index (χ2n) is 6.38. The molecule has 1 aliphatic rings. The molecular weight excluding hydrogens is 360 g/mol. The van der Waals surface area contributed by atoms with Crippen molar-refractivity contribution in [1.29, 1.82) is 5.26 Å². The van der Waals surface area contributed by atoms with Crippen LogP contribution in [0.5, 0.6) is 0 Å². The van der Waals surface area contributed by atoms with Crippen molar-refractivity contribution in [3.8, 4) is 17.7 Å². The first-order chi connectivity index (χ1) is 13.7. The molecule has 11 heteroatoms. The minimum absolute atomic E-state index is 0.242. The third-order valence-electron chi connectivity index (χ3n) is 4.29. The molecule has 1 atom stereocenters. The van der Waals surface area contributed by atoms with Crippen molar-refractivity contribution in [2.75, 3.05) is 30.3 Å². The predicted octanol–water partition coefficient (Wildman–Crippen LogP) is 1.26. The van der Waals surface area contributed by atoms with Crippen LogP contribution in [0.4, 0.5) is 17.3 Å². The van der Waals surface area contributed by atoms with E-state index in [9.17, 15) is 0 Å². The zero-order valence-electron chi connectivity index (χ0n) is 15.2. The van der Waals surface area contributed by atoms with Crippen molar-refractivity contribution < 1.29 is 4.42 Å². The van der Waals surface area contributed by atoms with E-state index in [2.05, 4.69) is 46.3 Å². The fraction of sp³-hybridized carbons (Fsp3) is 0.353. The summed E-state index contributed by atoms with van der Waals surface area (Å²) in [6.07, 6.45) is 3.97. The molecule has 11 nitrogen and oxygen atoms in total. The highest BCUT2D eigenvalue weighted by Crippen LogP contribution is 2.27. The third kappa shape index (κ3) is 4.02. The van der Waals surface area contributed by atoms with Gasteiger partial charge < -0.3 is 20.4 Å². The first-order valence-electron chi connectivity index (χ1n) is 8.83. The Bertz CT molecular complexity index is 988. The van der Waals surface area contributed by atoms with Gasteiger partial charge in [0.15, 0.2) is 17.2 Å². The molecule has 0 spiro atoms. The second kappa shape index (κ2) is 7.93. The van der Waals surface area contributed by atoms with Gasteiger partial charge in [-0.05, 0) is 25.4 Å². The molecule has 4 rings (SSSR count). The highest BCUT2D eigenvalue weighted by molar-refractivity contribution is 5.71. The van der Waals surface area contributed by atoms with E-state index in [0.29, 0.717) is 35.0 Å². The molecule has 0 bridgehead atoms. The zero-order valence-corrected chi connectivity index (χ0v) is 15.2. The molecule has 142 valence electrons. The van der Waals surface area contributed by atoms with E-state index in [-0.39, 0.29) is 5.69 Å². The van der Waals surface area contributed by atoms with E-state index >= 15 is 0 Å². The molecule has 3 aromatic rings. The monoisotopic (exact) mass is 378 g/mol. The first kappa shape index (κ1) is 17.7. The van der Waals surface area contributed by atoms with Gasteiger partial charge in [-0.2, -0.15) is 5.26 Å². The Balaban J connectivity index is 1.58. The van der Waals surface area contributed by atoms with Crippen molar-refractivity contribution >= 4 is 17.3 Å². The Morgan fingerprint density at radius 3 is 2.82 bits per heavy atom. The summed E-state index contributed by atoms with van der Waals surface area (Å²) in [5, 5.41) is 34.9. The molecule has 0 aromatic carbocycles. The van der Waals surface area contributed by atoms with Gasteiger partial charge in [0.1, 0.15) is 11.9 Å². The topological polar surface area (TPSA) is 150 Å². The van der Waals surface area contributed by atoms with E-state index in [1.165, 1.54) is 12.4 Å². The molecule has 3 aromatic heterocycles. The molecule has 4 heterocycles. The molecule has 1 aliphatic heterocycles. The second-order valence-corrected chi connectivity index (χ2v) is 6.38. The smallest absolute Gasteiger partial charge is 0.270 e. The van der Waals surface area contributed by atoms with Gasteiger partial charge in [-0.3, -0.25) is 0 Å². The number of hydrogen-bond acceptors (Lipinski definition) is 11. The van der Waals surface area contributed by atoms with Crippen LogP contribution in [0.1, 0.15) is 18.0 Å². The lowest BCUT2D eigenvalue weighted by molar-refractivity contribution is 0.530. The van der Waals surface area contributed by atoms with Crippen LogP contribution in [-0.2, 0) is 0 Å². The lowest BCUT2D eigenvalue weighted by Crippen LogP contribution is -2.18. The van der Waals surface area contributed by atoms with Gasteiger partial charge in [-0.1, -0.05) is 0 Å². The Morgan fingerprint density at radius 2 is 2.14 bits per heavy atom. The number of nitrogens with one attached hydrogen (secondary N) is 3. The Morgan fingerprint density at radius 1 is 1.21 bits per heavy atom. The molecule has 0 amide bonds. The fourth-order valence-corrected chi connectivity index (χ4v) is 2.86. The molecule has 28 heavy (non-hydrogen) atoms. The summed E-state index contributed by atoms with van der Waals surface area (Å²) in [4.78, 5) is 8.12. The number of nitrogens with zero attached hydrogens (tertiary/aromatic N) is 7. The number of hydrogen-bond donors (Lipinski definition) is 3. The van der Waals surface area contributed by atoms with E-state index in [4.69, 9.17) is 9.68 Å². The molecule has 1 saturated heterocycles. The maximum Gasteiger partial charge on any atom is 0.270 e. The number of aromatic nitrogens is 6. The summed E-state index contributed by atoms with van der Waals surface area (Å²) in [6, 6.07) is 3.74. The Labute approximate surface area is 160 Å². The zero-order chi connectivity index (χ0) is 19.3. The van der Waals surface area contributed by atoms with Crippen molar-refractivity contribution in [3.63, 3.8) is 0 Å². The molecule has 3 N–H and O–H groups in total. The fourth-order valence-electron chi connectivity index (χ4n) is 2.86. The minimum Gasteiger partial charge on any atom is -0.419 e. The number of rotatable bonds is 6. The standard InChI is InChI=1S/C17H18N10O/c1-10-24-27-17(28-10)16-13(21-7-11-2-3-19-6-11)4-14(25-26-16)23-15-9-20-12(5-18)8-22-15/h4,8-9,11,19H,2-3,6-7H2,1H3,(H2,21,22,23,25). The van der Waals surface area contributed by atoms with Crippen molar-refractivity contribution in [1.82, 2.24) is 35.7 Å². The predicted molar refractivity (Wildman–Crippen MR) is 99.6 cm³/mol. The summed E-state index contributed by atoms with van der Waals surface area (Å²) in [5.74, 6) is 2.23. The van der Waals surface area contributed by atoms with Crippen LogP contribution in [0.2, 0.25) is 0 Å². The maximum absolute atomic E-state index is 8.82. The Kier molecular flexibility index (Phi) is 5.03. The van der Waals surface area contributed by atoms with E-state index < -0.39 is 0 Å². The summed E-state index contributed by atoms with van der Waals surface area (Å²) in [5.41, 5.74) is 1.46. The van der Waals surface area contributed by atoms with Gasteiger partial charge in [0.05, 0.1) is 18.1 Å². The average molecular weight is 378 g/mol. The van der Waals surface area contributed by atoms with Crippen molar-refractivity contribution in [2.45, 2.75) is 13.3 Å². The van der Waals surface area contributed by atoms with Crippen LogP contribution in [0, 0.1) is 24.2 Å². The summed E-state index contributed by atoms with van der Waals surface area (Å²) in [6.45, 7) is 4.52. The van der Waals surface area contributed by atoms with Gasteiger partial charge >= 0.3 is 0 Å². The quantitative estimate of drug-likeness (QED) is 0.568. The Hall–Kier alpha value is -3.65. The van der Waals surface area contributed by atoms with Crippen LogP contribution in [-0.4, -0.2) is 50.0 Å². The first-order valence-corrected chi connectivity index (χ1v) is 8.83. The van der Waals surface area contributed by atoms with E-state index in [1.807, 2.05) is 12.1 Å². The number of nitriles is 1. The van der Waals surface area contributed by atoms with Crippen LogP contribution in [0.15, 0.2) is 22.9 Å². The number of aryl methyl sites for hydroxylation is 1. The van der Waals surface area contributed by atoms with Gasteiger partial charge in [0, 0.05) is 19.5 Å². The number of anilines is 3. The maximum atomic E-state index is 8.82. The summed E-state index contributed by atoms with van der Waals surface area (Å²) in [7, 11) is 0. The highest BCUT2D eigenvalue weighted by Gasteiger charge is 2.19. The van der Waals surface area contributed by atoms with Crippen molar-refractivity contribution in [3.05, 3.63) is 30.0 Å². The van der Waals surface area contributed by atoms with Gasteiger partial charge in [0.2, 0.25) is 5.89 Å². The molecule has 0 saturated carbocycles. The lowest BCUT2D eigenvalue weighted by atomic mass is 10.1. The van der Waals surface area contributed by atoms with Crippen LogP contribution < -0.4 is 16.0 Å². The summed E-state index contributed by atoms with van der Waals surface area (Å²) >= 11 is 0. The molecular formula is C17H18N10O. The summed E-state index contributed by atoms with van der Waals surface area (Å²) < 4.78 is 5.52. The van der Waals surface area contributed by atoms with Crippen LogP contribution >= 0.6 is 0 Å². The SMILES string of the molecule is Cc1nnc(-c2nnc(Nc3cnc(C#N)cn3)cc2NCC2CCNC2)o1. The van der Waals surface area contributed by atoms with E-state index in [1.54, 1.807) is 6.92 Å². The molecule has 0 radical (unpaired) electrons. The lowest BCUT2D eigenvalue weighted by Gasteiger charge is -2.14. The third-order valence-corrected chi connectivity index (χ3v) is 4.29. The largest absolute Gasteiger partial charge is 0.419 e. The van der Waals surface area contributed by atoms with Crippen LogP contribution in [0.25, 0.3) is 11.6 Å². The molecule has 1 fully saturated rings.